The Morgan fingerprint density at radius 3 is 1.75 bits per heavy atom. The minimum Gasteiger partial charge on any atom is -0.407 e. The van der Waals surface area contributed by atoms with Crippen LogP contribution < -0.4 is 10.1 Å². The lowest BCUT2D eigenvalue weighted by molar-refractivity contribution is 0.215. The van der Waals surface area contributed by atoms with Crippen LogP contribution in [0.3, 0.4) is 0 Å². The molecule has 11 heteroatoms. The number of ether oxygens (including phenoxy) is 1. The van der Waals surface area contributed by atoms with E-state index in [4.69, 9.17) is 97.5 Å². The summed E-state index contributed by atoms with van der Waals surface area (Å²) in [6.07, 6.45) is -0.964. The van der Waals surface area contributed by atoms with E-state index in [-0.39, 0.29) is 51.6 Å². The van der Waals surface area contributed by atoms with Gasteiger partial charge in [-0.1, -0.05) is 92.8 Å². The van der Waals surface area contributed by atoms with E-state index in [1.165, 1.54) is 12.1 Å². The fourth-order valence-corrected chi connectivity index (χ4v) is 3.31. The van der Waals surface area contributed by atoms with Gasteiger partial charge < -0.3 is 4.74 Å². The molecule has 128 valence electrons. The molecule has 0 radical (unpaired) electrons. The molecule has 0 saturated carbocycles. The maximum atomic E-state index is 12.0. The van der Waals surface area contributed by atoms with E-state index in [0.29, 0.717) is 0 Å². The van der Waals surface area contributed by atoms with E-state index < -0.39 is 6.09 Å². The Bertz CT molecular complexity index is 810. The van der Waals surface area contributed by atoms with Crippen molar-refractivity contribution in [1.82, 2.24) is 0 Å². The zero-order valence-electron chi connectivity index (χ0n) is 11.0. The molecule has 2 rings (SSSR count). The highest BCUT2D eigenvalue weighted by Gasteiger charge is 2.23. The molecule has 2 aromatic rings. The first-order valence-corrected chi connectivity index (χ1v) is 8.81. The lowest BCUT2D eigenvalue weighted by Gasteiger charge is -2.14. The van der Waals surface area contributed by atoms with Crippen LogP contribution in [-0.2, 0) is 0 Å². The average molecular weight is 489 g/mol. The van der Waals surface area contributed by atoms with Crippen LogP contribution in [0.4, 0.5) is 10.5 Å². The molecule has 0 aliphatic carbocycles. The van der Waals surface area contributed by atoms with Crippen molar-refractivity contribution in [1.29, 1.82) is 0 Å². The van der Waals surface area contributed by atoms with Gasteiger partial charge in [-0.3, -0.25) is 5.32 Å². The zero-order valence-corrected chi connectivity index (χ0v) is 17.0. The first-order chi connectivity index (χ1) is 11.1. The molecule has 1 amide bonds. The second kappa shape index (κ2) is 8.15. The number of anilines is 1. The summed E-state index contributed by atoms with van der Waals surface area (Å²) in [6, 6.07) is 2.88. The molecule has 0 bridgehead atoms. The van der Waals surface area contributed by atoms with Gasteiger partial charge in [0.15, 0.2) is 5.75 Å². The number of benzene rings is 2. The summed E-state index contributed by atoms with van der Waals surface area (Å²) in [5.74, 6) is -0.258. The highest BCUT2D eigenvalue weighted by atomic mass is 35.5. The molecule has 24 heavy (non-hydrogen) atoms. The van der Waals surface area contributed by atoms with E-state index >= 15 is 0 Å². The van der Waals surface area contributed by atoms with Gasteiger partial charge in [-0.05, 0) is 12.1 Å². The van der Waals surface area contributed by atoms with Crippen LogP contribution in [-0.4, -0.2) is 6.09 Å². The number of amides is 1. The van der Waals surface area contributed by atoms with Gasteiger partial charge in [-0.2, -0.15) is 0 Å². The molecule has 0 aliphatic rings. The Labute approximate surface area is 176 Å². The molecule has 0 heterocycles. The van der Waals surface area contributed by atoms with Crippen molar-refractivity contribution in [3.63, 3.8) is 0 Å². The Hall–Kier alpha value is 0.0300. The van der Waals surface area contributed by atoms with Crippen LogP contribution in [0, 0.1) is 0 Å². The molecular weight excluding hydrogens is 486 g/mol. The molecule has 0 unspecified atom stereocenters. The molecule has 0 aromatic heterocycles. The van der Waals surface area contributed by atoms with Crippen molar-refractivity contribution >= 4 is 105 Å². The van der Waals surface area contributed by atoms with Crippen molar-refractivity contribution in [2.45, 2.75) is 0 Å². The van der Waals surface area contributed by atoms with Gasteiger partial charge in [-0.15, -0.1) is 0 Å². The van der Waals surface area contributed by atoms with Gasteiger partial charge in [0.05, 0.1) is 35.8 Å². The van der Waals surface area contributed by atoms with Crippen LogP contribution in [0.2, 0.25) is 40.2 Å². The summed E-state index contributed by atoms with van der Waals surface area (Å²) in [4.78, 5) is 12.0. The maximum absolute atomic E-state index is 12.0. The van der Waals surface area contributed by atoms with E-state index in [2.05, 4.69) is 5.32 Å². The normalized spacial score (nSPS) is 10.7. The third kappa shape index (κ3) is 4.05. The van der Waals surface area contributed by atoms with E-state index in [1.807, 2.05) is 0 Å². The largest absolute Gasteiger partial charge is 0.417 e. The van der Waals surface area contributed by atoms with Gasteiger partial charge in [0.1, 0.15) is 10.0 Å². The fourth-order valence-electron chi connectivity index (χ4n) is 1.52. The number of halogens is 8. The monoisotopic (exact) mass is 485 g/mol. The molecular formula is C13H3Cl8NO2. The minimum atomic E-state index is -0.964. The molecule has 0 spiro atoms. The van der Waals surface area contributed by atoms with E-state index in [9.17, 15) is 4.79 Å². The number of hydrogen-bond acceptors (Lipinski definition) is 2. The van der Waals surface area contributed by atoms with E-state index in [0.717, 1.165) is 0 Å². The summed E-state index contributed by atoms with van der Waals surface area (Å²) in [5, 5.41) is 2.07. The maximum Gasteiger partial charge on any atom is 0.417 e. The number of hydrogen-bond donors (Lipinski definition) is 1. The average Bonchev–Trinajstić information content (AvgIpc) is 2.55. The highest BCUT2D eigenvalue weighted by molar-refractivity contribution is 6.55. The molecule has 0 atom stereocenters. The Morgan fingerprint density at radius 1 is 0.708 bits per heavy atom. The van der Waals surface area contributed by atoms with Crippen molar-refractivity contribution in [3.8, 4) is 5.75 Å². The molecule has 0 fully saturated rings. The second-order valence-electron chi connectivity index (χ2n) is 4.14. The third-order valence-electron chi connectivity index (χ3n) is 2.64. The molecule has 1 N–H and O–H groups in total. The summed E-state index contributed by atoms with van der Waals surface area (Å²) in [7, 11) is 0. The van der Waals surface area contributed by atoms with Gasteiger partial charge in [0.2, 0.25) is 0 Å². The van der Waals surface area contributed by atoms with Crippen molar-refractivity contribution in [2.24, 2.45) is 0 Å². The van der Waals surface area contributed by atoms with Crippen molar-refractivity contribution in [2.75, 3.05) is 5.32 Å². The number of carbonyl (C=O) groups excluding carboxylic acids is 1. The van der Waals surface area contributed by atoms with Gasteiger partial charge in [0, 0.05) is 0 Å². The lowest BCUT2D eigenvalue weighted by atomic mass is 10.3. The molecule has 0 aliphatic heterocycles. The van der Waals surface area contributed by atoms with Crippen LogP contribution in [0.5, 0.6) is 5.75 Å². The van der Waals surface area contributed by atoms with Crippen LogP contribution in [0.25, 0.3) is 0 Å². The standard InChI is InChI=1S/C13H3Cl8NO2/c14-3-1-2-4(6(16)5(3)15)22-13(23)24-12-10(20)8(18)7(17)9(19)11(12)21/h1-2H,(H,22,23). The highest BCUT2D eigenvalue weighted by Crippen LogP contribution is 2.48. The Balaban J connectivity index is 2.30. The summed E-state index contributed by atoms with van der Waals surface area (Å²) in [5.41, 5.74) is 0.162. The number of carbonyl (C=O) groups is 1. The molecule has 2 aromatic carbocycles. The smallest absolute Gasteiger partial charge is 0.407 e. The van der Waals surface area contributed by atoms with Crippen LogP contribution in [0.15, 0.2) is 12.1 Å². The minimum absolute atomic E-state index is 0.0329. The first-order valence-electron chi connectivity index (χ1n) is 5.78. The first kappa shape index (κ1) is 20.3. The van der Waals surface area contributed by atoms with Gasteiger partial charge in [0.25, 0.3) is 0 Å². The summed E-state index contributed by atoms with van der Waals surface area (Å²) in [6.45, 7) is 0. The predicted octanol–water partition coefficient (Wildman–Crippen LogP) is 8.52. The SMILES string of the molecule is O=C(Nc1ccc(Cl)c(Cl)c1Cl)Oc1c(Cl)c(Cl)c(Cl)c(Cl)c1Cl. The Morgan fingerprint density at radius 2 is 1.21 bits per heavy atom. The molecule has 0 saturated heterocycles. The lowest BCUT2D eigenvalue weighted by Crippen LogP contribution is -2.17. The Kier molecular flexibility index (Phi) is 6.91. The quantitative estimate of drug-likeness (QED) is 0.340. The third-order valence-corrected chi connectivity index (χ3v) is 6.17. The molecule has 3 nitrogen and oxygen atoms in total. The number of nitrogens with one attached hydrogen (secondary N) is 1. The van der Waals surface area contributed by atoms with Gasteiger partial charge >= 0.3 is 6.09 Å². The summed E-state index contributed by atoms with van der Waals surface area (Å²) < 4.78 is 5.05. The van der Waals surface area contributed by atoms with Gasteiger partial charge in [-0.25, -0.2) is 4.79 Å². The fraction of sp³-hybridized carbons (Fsp3) is 0. The summed E-state index contributed by atoms with van der Waals surface area (Å²) >= 11 is 47.3. The second-order valence-corrected chi connectivity index (χ2v) is 7.19. The zero-order chi connectivity index (χ0) is 18.2. The van der Waals surface area contributed by atoms with Crippen LogP contribution in [0.1, 0.15) is 0 Å². The van der Waals surface area contributed by atoms with Crippen LogP contribution >= 0.6 is 92.8 Å². The number of rotatable bonds is 2. The predicted molar refractivity (Wildman–Crippen MR) is 103 cm³/mol. The van der Waals surface area contributed by atoms with E-state index in [1.54, 1.807) is 0 Å². The topological polar surface area (TPSA) is 38.3 Å². The van der Waals surface area contributed by atoms with Crippen molar-refractivity contribution < 1.29 is 9.53 Å². The van der Waals surface area contributed by atoms with Crippen molar-refractivity contribution in [3.05, 3.63) is 52.3 Å².